The predicted octanol–water partition coefficient (Wildman–Crippen LogP) is 5.53. The molecule has 1 atom stereocenters. The zero-order chi connectivity index (χ0) is 25.5. The SMILES string of the molecule is CCN(CC)CCN1C(=O)C(=O)C(=C(O)c2ccc(Cl)cc2)C1c1cccc(OCCC(C)C)c1. The molecule has 0 aliphatic carbocycles. The summed E-state index contributed by atoms with van der Waals surface area (Å²) in [6.07, 6.45) is 0.920. The van der Waals surface area contributed by atoms with Crippen LogP contribution in [-0.2, 0) is 9.59 Å². The first kappa shape index (κ1) is 26.8. The molecule has 1 heterocycles. The molecule has 7 heteroatoms. The van der Waals surface area contributed by atoms with Crippen LogP contribution < -0.4 is 4.74 Å². The summed E-state index contributed by atoms with van der Waals surface area (Å²) in [4.78, 5) is 30.1. The maximum absolute atomic E-state index is 13.2. The van der Waals surface area contributed by atoms with E-state index < -0.39 is 17.7 Å². The molecule has 0 saturated carbocycles. The molecule has 1 N–H and O–H groups in total. The Balaban J connectivity index is 2.04. The van der Waals surface area contributed by atoms with Crippen molar-refractivity contribution in [3.05, 3.63) is 70.3 Å². The summed E-state index contributed by atoms with van der Waals surface area (Å²) in [5.41, 5.74) is 1.24. The third kappa shape index (κ3) is 6.44. The van der Waals surface area contributed by atoms with Gasteiger partial charge in [-0.15, -0.1) is 0 Å². The first-order chi connectivity index (χ1) is 16.8. The van der Waals surface area contributed by atoms with Gasteiger partial charge in [-0.2, -0.15) is 0 Å². The van der Waals surface area contributed by atoms with Gasteiger partial charge >= 0.3 is 0 Å². The summed E-state index contributed by atoms with van der Waals surface area (Å²) in [5.74, 6) is -0.313. The van der Waals surface area contributed by atoms with E-state index in [9.17, 15) is 14.7 Å². The Labute approximate surface area is 213 Å². The van der Waals surface area contributed by atoms with Gasteiger partial charge in [0, 0.05) is 23.7 Å². The zero-order valence-corrected chi connectivity index (χ0v) is 21.7. The third-order valence-corrected chi connectivity index (χ3v) is 6.60. The van der Waals surface area contributed by atoms with Gasteiger partial charge in [0.05, 0.1) is 18.2 Å². The maximum Gasteiger partial charge on any atom is 0.295 e. The summed E-state index contributed by atoms with van der Waals surface area (Å²) in [6, 6.07) is 13.3. The Morgan fingerprint density at radius 2 is 1.80 bits per heavy atom. The van der Waals surface area contributed by atoms with E-state index in [4.69, 9.17) is 16.3 Å². The number of hydrogen-bond donors (Lipinski definition) is 1. The minimum Gasteiger partial charge on any atom is -0.507 e. The van der Waals surface area contributed by atoms with Crippen molar-refractivity contribution in [2.75, 3.05) is 32.8 Å². The van der Waals surface area contributed by atoms with Crippen LogP contribution in [0.3, 0.4) is 0 Å². The molecule has 188 valence electrons. The zero-order valence-electron chi connectivity index (χ0n) is 21.0. The molecule has 0 spiro atoms. The molecule has 2 aromatic rings. The van der Waals surface area contributed by atoms with E-state index in [0.29, 0.717) is 41.9 Å². The Bertz CT molecular complexity index is 1060. The van der Waals surface area contributed by atoms with Crippen LogP contribution in [0.15, 0.2) is 54.1 Å². The number of benzene rings is 2. The Morgan fingerprint density at radius 3 is 2.43 bits per heavy atom. The van der Waals surface area contributed by atoms with Gasteiger partial charge in [0.15, 0.2) is 0 Å². The molecule has 0 radical (unpaired) electrons. The van der Waals surface area contributed by atoms with Crippen LogP contribution in [0, 0.1) is 5.92 Å². The molecule has 0 aromatic heterocycles. The second-order valence-electron chi connectivity index (χ2n) is 9.13. The van der Waals surface area contributed by atoms with Crippen LogP contribution >= 0.6 is 11.6 Å². The van der Waals surface area contributed by atoms with E-state index in [1.807, 2.05) is 24.3 Å². The lowest BCUT2D eigenvalue weighted by molar-refractivity contribution is -0.140. The number of halogens is 1. The molecule has 1 fully saturated rings. The number of rotatable bonds is 11. The van der Waals surface area contributed by atoms with Crippen molar-refractivity contribution in [2.24, 2.45) is 5.92 Å². The van der Waals surface area contributed by atoms with Crippen LogP contribution in [0.25, 0.3) is 5.76 Å². The molecule has 1 aliphatic heterocycles. The molecule has 35 heavy (non-hydrogen) atoms. The lowest BCUT2D eigenvalue weighted by Gasteiger charge is -2.28. The third-order valence-electron chi connectivity index (χ3n) is 6.35. The number of carbonyl (C=O) groups is 2. The molecule has 1 unspecified atom stereocenters. The topological polar surface area (TPSA) is 70.1 Å². The number of likely N-dealkylation sites (N-methyl/N-ethyl adjacent to an activating group) is 1. The minimum absolute atomic E-state index is 0.0798. The van der Waals surface area contributed by atoms with Gasteiger partial charge in [0.2, 0.25) is 0 Å². The molecular formula is C28H35ClN2O4. The summed E-state index contributed by atoms with van der Waals surface area (Å²) in [7, 11) is 0. The average molecular weight is 499 g/mol. The Hall–Kier alpha value is -2.83. The van der Waals surface area contributed by atoms with Crippen LogP contribution in [0.2, 0.25) is 5.02 Å². The van der Waals surface area contributed by atoms with Crippen LogP contribution in [0.4, 0.5) is 0 Å². The first-order valence-electron chi connectivity index (χ1n) is 12.3. The fraction of sp³-hybridized carbons (Fsp3) is 0.429. The fourth-order valence-corrected chi connectivity index (χ4v) is 4.32. The number of likely N-dealkylation sites (tertiary alicyclic amines) is 1. The molecule has 2 aromatic carbocycles. The molecule has 1 aliphatic rings. The largest absolute Gasteiger partial charge is 0.507 e. The lowest BCUT2D eigenvalue weighted by Crippen LogP contribution is -2.38. The van der Waals surface area contributed by atoms with Crippen molar-refractivity contribution >= 4 is 29.1 Å². The van der Waals surface area contributed by atoms with E-state index in [-0.39, 0.29) is 11.3 Å². The molecular weight excluding hydrogens is 464 g/mol. The molecule has 0 bridgehead atoms. The van der Waals surface area contributed by atoms with Crippen molar-refractivity contribution < 1.29 is 19.4 Å². The van der Waals surface area contributed by atoms with Crippen molar-refractivity contribution in [3.8, 4) is 5.75 Å². The summed E-state index contributed by atoms with van der Waals surface area (Å²) < 4.78 is 5.94. The highest BCUT2D eigenvalue weighted by molar-refractivity contribution is 6.46. The Kier molecular flexibility index (Phi) is 9.35. The van der Waals surface area contributed by atoms with Gasteiger partial charge in [-0.3, -0.25) is 9.59 Å². The van der Waals surface area contributed by atoms with Crippen molar-refractivity contribution in [1.82, 2.24) is 9.80 Å². The number of carbonyl (C=O) groups excluding carboxylic acids is 2. The predicted molar refractivity (Wildman–Crippen MR) is 140 cm³/mol. The van der Waals surface area contributed by atoms with E-state index in [0.717, 1.165) is 25.1 Å². The van der Waals surface area contributed by atoms with Crippen LogP contribution in [0.5, 0.6) is 5.75 Å². The fourth-order valence-electron chi connectivity index (χ4n) is 4.20. The molecule has 1 saturated heterocycles. The highest BCUT2D eigenvalue weighted by Crippen LogP contribution is 2.40. The molecule has 6 nitrogen and oxygen atoms in total. The smallest absolute Gasteiger partial charge is 0.295 e. The number of nitrogens with zero attached hydrogens (tertiary/aromatic N) is 2. The average Bonchev–Trinajstić information content (AvgIpc) is 3.09. The van der Waals surface area contributed by atoms with E-state index in [2.05, 4.69) is 32.6 Å². The van der Waals surface area contributed by atoms with E-state index >= 15 is 0 Å². The number of Topliss-reactive ketones (excluding diaryl/α,β-unsaturated/α-hetero) is 1. The number of amides is 1. The van der Waals surface area contributed by atoms with Crippen molar-refractivity contribution in [3.63, 3.8) is 0 Å². The second kappa shape index (κ2) is 12.2. The second-order valence-corrected chi connectivity index (χ2v) is 9.57. The highest BCUT2D eigenvalue weighted by atomic mass is 35.5. The lowest BCUT2D eigenvalue weighted by atomic mass is 9.95. The summed E-state index contributed by atoms with van der Waals surface area (Å²) in [6.45, 7) is 11.7. The summed E-state index contributed by atoms with van der Waals surface area (Å²) in [5, 5.41) is 11.7. The van der Waals surface area contributed by atoms with Gasteiger partial charge in [-0.1, -0.05) is 51.4 Å². The standard InChI is InChI=1S/C28H35ClN2O4/c1-5-30(6-2)15-16-31-25(21-8-7-9-23(18-21)35-17-14-19(3)4)24(27(33)28(31)34)26(32)20-10-12-22(29)13-11-20/h7-13,18-19,25,32H,5-6,14-17H2,1-4H3. The van der Waals surface area contributed by atoms with Crippen molar-refractivity contribution in [1.29, 1.82) is 0 Å². The Morgan fingerprint density at radius 1 is 1.11 bits per heavy atom. The van der Waals surface area contributed by atoms with E-state index in [1.54, 1.807) is 29.2 Å². The molecule has 1 amide bonds. The quantitative estimate of drug-likeness (QED) is 0.250. The van der Waals surface area contributed by atoms with Crippen molar-refractivity contribution in [2.45, 2.75) is 40.2 Å². The first-order valence-corrected chi connectivity index (χ1v) is 12.6. The van der Waals surface area contributed by atoms with Crippen LogP contribution in [-0.4, -0.2) is 59.4 Å². The van der Waals surface area contributed by atoms with Gasteiger partial charge in [0.1, 0.15) is 11.5 Å². The van der Waals surface area contributed by atoms with Gasteiger partial charge in [0.25, 0.3) is 11.7 Å². The molecule has 3 rings (SSSR count). The number of hydrogen-bond acceptors (Lipinski definition) is 5. The number of ether oxygens (including phenoxy) is 1. The normalized spacial score (nSPS) is 17.6. The monoisotopic (exact) mass is 498 g/mol. The van der Waals surface area contributed by atoms with Crippen LogP contribution in [0.1, 0.15) is 51.3 Å². The highest BCUT2D eigenvalue weighted by Gasteiger charge is 2.46. The minimum atomic E-state index is -0.713. The van der Waals surface area contributed by atoms with Gasteiger partial charge in [-0.25, -0.2) is 0 Å². The van der Waals surface area contributed by atoms with E-state index in [1.165, 1.54) is 0 Å². The summed E-state index contributed by atoms with van der Waals surface area (Å²) >= 11 is 6.01. The van der Waals surface area contributed by atoms with Gasteiger partial charge in [-0.05, 0) is 67.4 Å². The maximum atomic E-state index is 13.2. The number of aliphatic hydroxyl groups excluding tert-OH is 1. The number of aliphatic hydroxyl groups is 1. The number of ketones is 1. The van der Waals surface area contributed by atoms with Gasteiger partial charge < -0.3 is 19.6 Å².